The summed E-state index contributed by atoms with van der Waals surface area (Å²) in [6.45, 7) is 5.84. The number of nitrogens with one attached hydrogen (secondary N) is 3. The van der Waals surface area contributed by atoms with Crippen LogP contribution in [-0.2, 0) is 9.59 Å². The highest BCUT2D eigenvalue weighted by Gasteiger charge is 2.17. The molecule has 2 amide bonds. The largest absolute Gasteiger partial charge is 0.497 e. The SMILES string of the molecule is CC[NH+](CC(=O)NC[C@H](C)c1ccccc1)CC(=O)Nc1ccc(OC)cc1. The summed E-state index contributed by atoms with van der Waals surface area (Å²) in [5.41, 5.74) is 1.91. The van der Waals surface area contributed by atoms with E-state index in [1.165, 1.54) is 5.56 Å². The highest BCUT2D eigenvalue weighted by Crippen LogP contribution is 2.14. The molecule has 0 aliphatic carbocycles. The van der Waals surface area contributed by atoms with Gasteiger partial charge in [0.05, 0.1) is 13.7 Å². The van der Waals surface area contributed by atoms with Crippen LogP contribution in [0.15, 0.2) is 54.6 Å². The Morgan fingerprint density at radius 2 is 1.64 bits per heavy atom. The molecule has 0 heterocycles. The van der Waals surface area contributed by atoms with Crippen LogP contribution in [0.25, 0.3) is 0 Å². The van der Waals surface area contributed by atoms with Gasteiger partial charge in [0.1, 0.15) is 5.75 Å². The minimum atomic E-state index is -0.118. The van der Waals surface area contributed by atoms with Crippen molar-refractivity contribution in [3.63, 3.8) is 0 Å². The summed E-state index contributed by atoms with van der Waals surface area (Å²) in [7, 11) is 1.60. The quantitative estimate of drug-likeness (QED) is 0.581. The van der Waals surface area contributed by atoms with Gasteiger partial charge in [-0.1, -0.05) is 37.3 Å². The molecule has 2 aromatic carbocycles. The molecule has 0 spiro atoms. The van der Waals surface area contributed by atoms with E-state index in [1.807, 2.05) is 25.1 Å². The van der Waals surface area contributed by atoms with E-state index < -0.39 is 0 Å². The average Bonchev–Trinajstić information content (AvgIpc) is 2.72. The first-order chi connectivity index (χ1) is 13.5. The van der Waals surface area contributed by atoms with E-state index in [9.17, 15) is 9.59 Å². The maximum Gasteiger partial charge on any atom is 0.279 e. The van der Waals surface area contributed by atoms with Crippen LogP contribution >= 0.6 is 0 Å². The molecule has 2 aromatic rings. The summed E-state index contributed by atoms with van der Waals surface area (Å²) >= 11 is 0. The maximum atomic E-state index is 12.3. The second-order valence-electron chi connectivity index (χ2n) is 6.85. The normalized spacial score (nSPS) is 12.7. The van der Waals surface area contributed by atoms with Crippen LogP contribution in [-0.4, -0.2) is 45.1 Å². The van der Waals surface area contributed by atoms with Gasteiger partial charge in [0.25, 0.3) is 11.8 Å². The highest BCUT2D eigenvalue weighted by atomic mass is 16.5. The lowest BCUT2D eigenvalue weighted by Gasteiger charge is -2.18. The third-order valence-electron chi connectivity index (χ3n) is 4.67. The van der Waals surface area contributed by atoms with E-state index in [2.05, 4.69) is 29.7 Å². The lowest BCUT2D eigenvalue weighted by atomic mass is 10.0. The molecule has 0 aliphatic heterocycles. The predicted octanol–water partition coefficient (Wildman–Crippen LogP) is 1.46. The van der Waals surface area contributed by atoms with Gasteiger partial charge in [-0.05, 0) is 42.7 Å². The molecule has 150 valence electrons. The average molecular weight is 385 g/mol. The Morgan fingerprint density at radius 1 is 1.00 bits per heavy atom. The van der Waals surface area contributed by atoms with E-state index in [1.54, 1.807) is 31.4 Å². The van der Waals surface area contributed by atoms with Crippen LogP contribution in [0, 0.1) is 0 Å². The van der Waals surface area contributed by atoms with Gasteiger partial charge in [0.15, 0.2) is 13.1 Å². The van der Waals surface area contributed by atoms with Crippen LogP contribution in [0.3, 0.4) is 0 Å². The maximum absolute atomic E-state index is 12.3. The molecule has 28 heavy (non-hydrogen) atoms. The van der Waals surface area contributed by atoms with Crippen molar-refractivity contribution in [2.24, 2.45) is 0 Å². The van der Waals surface area contributed by atoms with Crippen molar-refractivity contribution in [3.8, 4) is 5.75 Å². The van der Waals surface area contributed by atoms with Crippen molar-refractivity contribution >= 4 is 17.5 Å². The Balaban J connectivity index is 1.77. The Kier molecular flexibility index (Phi) is 8.49. The Hall–Kier alpha value is -2.86. The smallest absolute Gasteiger partial charge is 0.279 e. The summed E-state index contributed by atoms with van der Waals surface area (Å²) in [6.07, 6.45) is 0. The standard InChI is InChI=1S/C22H29N3O3/c1-4-25(16-22(27)24-19-10-12-20(28-3)13-11-19)15-21(26)23-14-17(2)18-8-6-5-7-9-18/h5-13,17H,4,14-16H2,1-3H3,(H,23,26)(H,24,27)/p+1/t17-/m0/s1. The summed E-state index contributed by atoms with van der Waals surface area (Å²) < 4.78 is 5.11. The fraction of sp³-hybridized carbons (Fsp3) is 0.364. The fourth-order valence-corrected chi connectivity index (χ4v) is 2.88. The topological polar surface area (TPSA) is 71.9 Å². The zero-order chi connectivity index (χ0) is 20.4. The van der Waals surface area contributed by atoms with E-state index in [0.29, 0.717) is 18.8 Å². The van der Waals surface area contributed by atoms with Gasteiger partial charge in [-0.25, -0.2) is 0 Å². The molecule has 2 rings (SSSR count). The lowest BCUT2D eigenvalue weighted by Crippen LogP contribution is -3.14. The first-order valence-corrected chi connectivity index (χ1v) is 9.61. The van der Waals surface area contributed by atoms with E-state index in [4.69, 9.17) is 4.74 Å². The molecule has 0 fully saturated rings. The second kappa shape index (κ2) is 11.1. The number of carbonyl (C=O) groups is 2. The molecule has 0 saturated heterocycles. The molecule has 0 aliphatic rings. The number of rotatable bonds is 10. The number of anilines is 1. The summed E-state index contributed by atoms with van der Waals surface area (Å²) in [5.74, 6) is 0.818. The van der Waals surface area contributed by atoms with E-state index >= 15 is 0 Å². The number of methoxy groups -OCH3 is 1. The fourth-order valence-electron chi connectivity index (χ4n) is 2.88. The van der Waals surface area contributed by atoms with Crippen LogP contribution in [0.4, 0.5) is 5.69 Å². The van der Waals surface area contributed by atoms with Crippen LogP contribution in [0.2, 0.25) is 0 Å². The molecular formula is C22H30N3O3+. The number of ether oxygens (including phenoxy) is 1. The Morgan fingerprint density at radius 3 is 2.25 bits per heavy atom. The molecule has 6 heteroatoms. The molecule has 2 atom stereocenters. The van der Waals surface area contributed by atoms with Crippen molar-refractivity contribution in [1.82, 2.24) is 5.32 Å². The minimum Gasteiger partial charge on any atom is -0.497 e. The predicted molar refractivity (Wildman–Crippen MR) is 111 cm³/mol. The Labute approximate surface area is 166 Å². The number of benzene rings is 2. The summed E-state index contributed by atoms with van der Waals surface area (Å²) in [5, 5.41) is 5.83. The zero-order valence-corrected chi connectivity index (χ0v) is 16.8. The number of carbonyl (C=O) groups excluding carboxylic acids is 2. The minimum absolute atomic E-state index is 0.0446. The van der Waals surface area contributed by atoms with Crippen LogP contribution < -0.4 is 20.3 Å². The van der Waals surface area contributed by atoms with Crippen molar-refractivity contribution < 1.29 is 19.2 Å². The van der Waals surface area contributed by atoms with Crippen molar-refractivity contribution in [1.29, 1.82) is 0 Å². The van der Waals surface area contributed by atoms with Gasteiger partial charge in [0, 0.05) is 12.2 Å². The zero-order valence-electron chi connectivity index (χ0n) is 16.8. The van der Waals surface area contributed by atoms with E-state index in [-0.39, 0.29) is 30.8 Å². The number of hydrogen-bond donors (Lipinski definition) is 3. The molecule has 0 radical (unpaired) electrons. The lowest BCUT2D eigenvalue weighted by molar-refractivity contribution is -0.881. The number of likely N-dealkylation sites (N-methyl/N-ethyl adjacent to an activating group) is 1. The first kappa shape index (κ1) is 21.4. The first-order valence-electron chi connectivity index (χ1n) is 9.61. The van der Waals surface area contributed by atoms with E-state index in [0.717, 1.165) is 10.6 Å². The van der Waals surface area contributed by atoms with Gasteiger partial charge in [-0.15, -0.1) is 0 Å². The molecular weight excluding hydrogens is 354 g/mol. The van der Waals surface area contributed by atoms with Crippen molar-refractivity contribution in [2.75, 3.05) is 38.6 Å². The molecule has 0 saturated carbocycles. The number of quaternary nitrogens is 1. The number of amides is 2. The van der Waals surface area contributed by atoms with Crippen molar-refractivity contribution in [3.05, 3.63) is 60.2 Å². The highest BCUT2D eigenvalue weighted by molar-refractivity contribution is 5.91. The second-order valence-corrected chi connectivity index (χ2v) is 6.85. The number of hydrogen-bond acceptors (Lipinski definition) is 3. The van der Waals surface area contributed by atoms with Gasteiger partial charge in [-0.2, -0.15) is 0 Å². The van der Waals surface area contributed by atoms with Crippen LogP contribution in [0.5, 0.6) is 5.75 Å². The molecule has 6 nitrogen and oxygen atoms in total. The monoisotopic (exact) mass is 384 g/mol. The van der Waals surface area contributed by atoms with Gasteiger partial charge in [-0.3, -0.25) is 9.59 Å². The van der Waals surface area contributed by atoms with Crippen molar-refractivity contribution in [2.45, 2.75) is 19.8 Å². The van der Waals surface area contributed by atoms with Gasteiger partial charge < -0.3 is 20.3 Å². The molecule has 1 unspecified atom stereocenters. The molecule has 0 aromatic heterocycles. The summed E-state index contributed by atoms with van der Waals surface area (Å²) in [6, 6.07) is 17.3. The molecule has 3 N–H and O–H groups in total. The van der Waals surface area contributed by atoms with Gasteiger partial charge in [0.2, 0.25) is 0 Å². The van der Waals surface area contributed by atoms with Crippen LogP contribution in [0.1, 0.15) is 25.3 Å². The van der Waals surface area contributed by atoms with Gasteiger partial charge >= 0.3 is 0 Å². The third kappa shape index (κ3) is 7.04. The third-order valence-corrected chi connectivity index (χ3v) is 4.67. The Bertz CT molecular complexity index is 747. The summed E-state index contributed by atoms with van der Waals surface area (Å²) in [4.78, 5) is 25.5. The molecule has 0 bridgehead atoms.